The van der Waals surface area contributed by atoms with Crippen LogP contribution in [0.2, 0.25) is 0 Å². The van der Waals surface area contributed by atoms with Crippen molar-refractivity contribution in [2.75, 3.05) is 0 Å². The first kappa shape index (κ1) is 11.6. The minimum absolute atomic E-state index is 0.101. The Morgan fingerprint density at radius 2 is 1.88 bits per heavy atom. The van der Waals surface area contributed by atoms with Gasteiger partial charge in [-0.3, -0.25) is 0 Å². The number of alkyl halides is 2. The summed E-state index contributed by atoms with van der Waals surface area (Å²) in [7, 11) is 0. The highest BCUT2D eigenvalue weighted by atomic mass is 19.3. The van der Waals surface area contributed by atoms with E-state index >= 15 is 0 Å². The molecule has 0 aliphatic carbocycles. The van der Waals surface area contributed by atoms with Crippen LogP contribution in [-0.4, -0.2) is 11.1 Å². The van der Waals surface area contributed by atoms with Gasteiger partial charge in [0.05, 0.1) is 5.69 Å². The Kier molecular flexibility index (Phi) is 2.83. The molecule has 1 heterocycles. The Morgan fingerprint density at radius 3 is 2.35 bits per heavy atom. The second-order valence-corrected chi connectivity index (χ2v) is 3.73. The molecular formula is C12H11F2NO2. The van der Waals surface area contributed by atoms with Crippen LogP contribution in [0, 0.1) is 6.92 Å². The van der Waals surface area contributed by atoms with E-state index < -0.39 is 6.11 Å². The Hall–Kier alpha value is -1.91. The summed E-state index contributed by atoms with van der Waals surface area (Å²) < 4.78 is 34.8. The molecular weight excluding hydrogens is 228 g/mol. The van der Waals surface area contributed by atoms with Crippen molar-refractivity contribution in [2.24, 2.45) is 0 Å². The van der Waals surface area contributed by atoms with Crippen LogP contribution in [0.3, 0.4) is 0 Å². The lowest BCUT2D eigenvalue weighted by molar-refractivity contribution is -0.158. The van der Waals surface area contributed by atoms with Crippen molar-refractivity contribution in [2.45, 2.75) is 20.0 Å². The molecule has 0 amide bonds. The van der Waals surface area contributed by atoms with Crippen LogP contribution in [0.25, 0.3) is 11.5 Å². The third-order valence-corrected chi connectivity index (χ3v) is 2.02. The van der Waals surface area contributed by atoms with E-state index in [-0.39, 0.29) is 5.75 Å². The van der Waals surface area contributed by atoms with E-state index in [4.69, 9.17) is 4.42 Å². The van der Waals surface area contributed by atoms with Crippen molar-refractivity contribution in [1.82, 2.24) is 4.98 Å². The van der Waals surface area contributed by atoms with Gasteiger partial charge in [0.1, 0.15) is 12.0 Å². The van der Waals surface area contributed by atoms with Crippen LogP contribution in [-0.2, 0) is 0 Å². The summed E-state index contributed by atoms with van der Waals surface area (Å²) in [5, 5.41) is 0. The fourth-order valence-electron chi connectivity index (χ4n) is 1.36. The zero-order chi connectivity index (χ0) is 12.5. The van der Waals surface area contributed by atoms with Crippen LogP contribution >= 0.6 is 0 Å². The Bertz CT molecular complexity index is 500. The lowest BCUT2D eigenvalue weighted by Gasteiger charge is -2.12. The number of benzene rings is 1. The molecule has 0 bridgehead atoms. The molecule has 1 aromatic heterocycles. The van der Waals surface area contributed by atoms with Gasteiger partial charge in [0.25, 0.3) is 0 Å². The fraction of sp³-hybridized carbons (Fsp3) is 0.250. The number of halogens is 2. The van der Waals surface area contributed by atoms with Crippen molar-refractivity contribution >= 4 is 0 Å². The first-order valence-corrected chi connectivity index (χ1v) is 5.03. The predicted octanol–water partition coefficient (Wildman–Crippen LogP) is 3.64. The highest BCUT2D eigenvalue weighted by Crippen LogP contribution is 2.25. The second kappa shape index (κ2) is 4.16. The molecule has 0 N–H and O–H groups in total. The average molecular weight is 239 g/mol. The van der Waals surface area contributed by atoms with Gasteiger partial charge in [0.15, 0.2) is 0 Å². The van der Waals surface area contributed by atoms with Crippen LogP contribution in [0.5, 0.6) is 5.75 Å². The zero-order valence-corrected chi connectivity index (χ0v) is 9.41. The van der Waals surface area contributed by atoms with Crippen molar-refractivity contribution in [3.63, 3.8) is 0 Å². The van der Waals surface area contributed by atoms with Crippen LogP contribution in [0.15, 0.2) is 34.9 Å². The maximum Gasteiger partial charge on any atom is 0.394 e. The number of hydrogen-bond donors (Lipinski definition) is 0. The first-order valence-electron chi connectivity index (χ1n) is 5.03. The number of aryl methyl sites for hydroxylation is 1. The molecule has 1 aromatic carbocycles. The highest BCUT2D eigenvalue weighted by molar-refractivity contribution is 5.54. The van der Waals surface area contributed by atoms with Gasteiger partial charge < -0.3 is 9.15 Å². The van der Waals surface area contributed by atoms with Gasteiger partial charge in [-0.2, -0.15) is 8.78 Å². The van der Waals surface area contributed by atoms with Gasteiger partial charge >= 0.3 is 6.11 Å². The summed E-state index contributed by atoms with van der Waals surface area (Å²) in [6.07, 6.45) is -1.65. The number of oxazole rings is 1. The summed E-state index contributed by atoms with van der Waals surface area (Å²) in [6.45, 7) is 2.50. The van der Waals surface area contributed by atoms with E-state index in [0.717, 1.165) is 5.69 Å². The predicted molar refractivity (Wildman–Crippen MR) is 57.9 cm³/mol. The Balaban J connectivity index is 2.19. The number of nitrogens with zero attached hydrogens (tertiary/aromatic N) is 1. The maximum absolute atomic E-state index is 12.6. The zero-order valence-electron chi connectivity index (χ0n) is 9.41. The molecule has 3 nitrogen and oxygen atoms in total. The summed E-state index contributed by atoms with van der Waals surface area (Å²) in [6, 6.07) is 6.14. The number of hydrogen-bond acceptors (Lipinski definition) is 3. The van der Waals surface area contributed by atoms with Crippen molar-refractivity contribution in [3.8, 4) is 17.2 Å². The normalized spacial score (nSPS) is 11.5. The molecule has 0 radical (unpaired) electrons. The van der Waals surface area contributed by atoms with Gasteiger partial charge in [-0.25, -0.2) is 4.98 Å². The quantitative estimate of drug-likeness (QED) is 0.820. The fourth-order valence-corrected chi connectivity index (χ4v) is 1.36. The summed E-state index contributed by atoms with van der Waals surface area (Å²) in [5.41, 5.74) is 1.48. The molecule has 5 heteroatoms. The van der Waals surface area contributed by atoms with Gasteiger partial charge in [0, 0.05) is 12.5 Å². The number of aromatic nitrogens is 1. The molecule has 0 aliphatic heterocycles. The molecule has 0 atom stereocenters. The molecule has 0 saturated carbocycles. The summed E-state index contributed by atoms with van der Waals surface area (Å²) in [5.74, 6) is 0.557. The standard InChI is InChI=1S/C12H11F2NO2/c1-8-7-16-11(15-8)9-3-5-10(6-4-9)17-12(2,13)14/h3-7H,1-2H3. The third-order valence-electron chi connectivity index (χ3n) is 2.02. The van der Waals surface area contributed by atoms with Crippen molar-refractivity contribution < 1.29 is 17.9 Å². The summed E-state index contributed by atoms with van der Waals surface area (Å²) >= 11 is 0. The highest BCUT2D eigenvalue weighted by Gasteiger charge is 2.22. The van der Waals surface area contributed by atoms with Crippen molar-refractivity contribution in [3.05, 3.63) is 36.2 Å². The largest absolute Gasteiger partial charge is 0.444 e. The Labute approximate surface area is 97.0 Å². The third kappa shape index (κ3) is 3.03. The van der Waals surface area contributed by atoms with Crippen LogP contribution in [0.1, 0.15) is 12.6 Å². The second-order valence-electron chi connectivity index (χ2n) is 3.73. The smallest absolute Gasteiger partial charge is 0.394 e. The lowest BCUT2D eigenvalue weighted by Crippen LogP contribution is -2.18. The molecule has 0 spiro atoms. The Morgan fingerprint density at radius 1 is 1.24 bits per heavy atom. The van der Waals surface area contributed by atoms with Gasteiger partial charge in [-0.1, -0.05) is 0 Å². The van der Waals surface area contributed by atoms with Gasteiger partial charge in [-0.15, -0.1) is 0 Å². The first-order chi connectivity index (χ1) is 7.94. The van der Waals surface area contributed by atoms with E-state index in [1.165, 1.54) is 18.4 Å². The van der Waals surface area contributed by atoms with E-state index in [2.05, 4.69) is 9.72 Å². The van der Waals surface area contributed by atoms with Crippen LogP contribution < -0.4 is 4.74 Å². The summed E-state index contributed by atoms with van der Waals surface area (Å²) in [4.78, 5) is 4.13. The van der Waals surface area contributed by atoms with E-state index in [9.17, 15) is 8.78 Å². The number of rotatable bonds is 3. The molecule has 17 heavy (non-hydrogen) atoms. The molecule has 0 unspecified atom stereocenters. The minimum Gasteiger partial charge on any atom is -0.444 e. The lowest BCUT2D eigenvalue weighted by atomic mass is 10.2. The van der Waals surface area contributed by atoms with E-state index in [0.29, 0.717) is 18.4 Å². The van der Waals surface area contributed by atoms with Crippen molar-refractivity contribution in [1.29, 1.82) is 0 Å². The van der Waals surface area contributed by atoms with E-state index in [1.807, 2.05) is 6.92 Å². The molecule has 0 fully saturated rings. The molecule has 2 rings (SSSR count). The van der Waals surface area contributed by atoms with Gasteiger partial charge in [0.2, 0.25) is 5.89 Å². The average Bonchev–Trinajstić information content (AvgIpc) is 2.63. The number of ether oxygens (including phenoxy) is 1. The van der Waals surface area contributed by atoms with E-state index in [1.54, 1.807) is 12.1 Å². The molecule has 2 aromatic rings. The van der Waals surface area contributed by atoms with Gasteiger partial charge in [-0.05, 0) is 31.2 Å². The SMILES string of the molecule is Cc1coc(-c2ccc(OC(C)(F)F)cc2)n1. The molecule has 0 aliphatic rings. The maximum atomic E-state index is 12.6. The monoisotopic (exact) mass is 239 g/mol. The topological polar surface area (TPSA) is 35.3 Å². The minimum atomic E-state index is -3.18. The molecule has 90 valence electrons. The molecule has 0 saturated heterocycles. The van der Waals surface area contributed by atoms with Crippen LogP contribution in [0.4, 0.5) is 8.78 Å².